The topological polar surface area (TPSA) is 78.6 Å². The zero-order valence-electron chi connectivity index (χ0n) is 15.3. The average Bonchev–Trinajstić information content (AvgIpc) is 3.06. The first-order valence-electron chi connectivity index (χ1n) is 9.33. The maximum atomic E-state index is 13.0. The van der Waals surface area contributed by atoms with E-state index in [0.29, 0.717) is 43.1 Å². The normalized spacial score (nSPS) is 23.0. The van der Waals surface area contributed by atoms with Gasteiger partial charge in [-0.2, -0.15) is 0 Å². The number of Topliss-reactive ketones (excluding diaryl/α,β-unsaturated/α-hetero) is 1. The van der Waals surface area contributed by atoms with Crippen molar-refractivity contribution >= 4 is 11.7 Å². The standard InChI is InChI=1S/C22H21FNO4/c23-16-1-3-17(4-2-16)27-9-10-28-18-5-6-19-15(12-18)11-14-7-8-22(13-14,20(19)25)21(24)26/h1-6,12-14H,7-11H2,(H2,24,26). The fraction of sp³-hybridized carbons (Fsp3) is 0.318. The number of ether oxygens (including phenoxy) is 2. The minimum atomic E-state index is -1.17. The largest absolute Gasteiger partial charge is 0.490 e. The number of primary amides is 1. The number of halogens is 1. The summed E-state index contributed by atoms with van der Waals surface area (Å²) in [6.07, 6.45) is 3.81. The van der Waals surface area contributed by atoms with Gasteiger partial charge in [0.15, 0.2) is 5.78 Å². The van der Waals surface area contributed by atoms with Gasteiger partial charge in [0.05, 0.1) is 0 Å². The van der Waals surface area contributed by atoms with Gasteiger partial charge in [-0.25, -0.2) is 4.39 Å². The molecule has 0 spiro atoms. The van der Waals surface area contributed by atoms with E-state index in [-0.39, 0.29) is 17.5 Å². The molecule has 2 aliphatic rings. The van der Waals surface area contributed by atoms with Crippen LogP contribution in [0.3, 0.4) is 0 Å². The predicted octanol–water partition coefficient (Wildman–Crippen LogP) is 3.11. The van der Waals surface area contributed by atoms with Crippen LogP contribution in [0.2, 0.25) is 0 Å². The van der Waals surface area contributed by atoms with Crippen LogP contribution in [0.4, 0.5) is 4.39 Å². The number of amides is 1. The molecule has 2 aliphatic carbocycles. The van der Waals surface area contributed by atoms with Crippen LogP contribution in [0.25, 0.3) is 0 Å². The van der Waals surface area contributed by atoms with Gasteiger partial charge < -0.3 is 15.2 Å². The molecule has 1 amide bonds. The molecule has 0 aliphatic heterocycles. The lowest BCUT2D eigenvalue weighted by atomic mass is 9.78. The van der Waals surface area contributed by atoms with Crippen LogP contribution in [0, 0.1) is 23.6 Å². The quantitative estimate of drug-likeness (QED) is 0.615. The average molecular weight is 382 g/mol. The van der Waals surface area contributed by atoms with E-state index in [2.05, 4.69) is 0 Å². The van der Waals surface area contributed by atoms with Crippen LogP contribution in [0.5, 0.6) is 11.5 Å². The SMILES string of the molecule is NC(=O)C12[CH]C(CC1)Cc1cc(OCCOc3ccc(F)cc3)ccc1C2=O. The van der Waals surface area contributed by atoms with E-state index in [9.17, 15) is 14.0 Å². The lowest BCUT2D eigenvalue weighted by Gasteiger charge is -2.23. The molecule has 2 N–H and O–H groups in total. The number of ketones is 1. The van der Waals surface area contributed by atoms with Crippen LogP contribution in [-0.2, 0) is 11.2 Å². The summed E-state index contributed by atoms with van der Waals surface area (Å²) >= 11 is 0. The Labute approximate surface area is 162 Å². The zero-order chi connectivity index (χ0) is 19.7. The summed E-state index contributed by atoms with van der Waals surface area (Å²) in [4.78, 5) is 25.0. The van der Waals surface area contributed by atoms with E-state index in [4.69, 9.17) is 15.2 Å². The van der Waals surface area contributed by atoms with E-state index in [0.717, 1.165) is 12.0 Å². The van der Waals surface area contributed by atoms with Gasteiger partial charge in [0.25, 0.3) is 0 Å². The van der Waals surface area contributed by atoms with Gasteiger partial charge in [-0.15, -0.1) is 0 Å². The third-order valence-electron chi connectivity index (χ3n) is 5.51. The first kappa shape index (κ1) is 18.5. The molecule has 2 aromatic carbocycles. The maximum Gasteiger partial charge on any atom is 0.231 e. The van der Waals surface area contributed by atoms with Crippen LogP contribution < -0.4 is 15.2 Å². The van der Waals surface area contributed by atoms with Crippen molar-refractivity contribution in [2.45, 2.75) is 19.3 Å². The first-order chi connectivity index (χ1) is 13.5. The highest BCUT2D eigenvalue weighted by molar-refractivity contribution is 6.16. The van der Waals surface area contributed by atoms with Crippen LogP contribution in [0.1, 0.15) is 28.8 Å². The minimum Gasteiger partial charge on any atom is -0.490 e. The molecule has 0 saturated heterocycles. The molecule has 1 saturated carbocycles. The molecule has 2 unspecified atom stereocenters. The maximum absolute atomic E-state index is 13.0. The Morgan fingerprint density at radius 3 is 2.50 bits per heavy atom. The second-order valence-corrected chi connectivity index (χ2v) is 7.30. The molecule has 4 rings (SSSR count). The van der Waals surface area contributed by atoms with Crippen molar-refractivity contribution in [3.63, 3.8) is 0 Å². The van der Waals surface area contributed by atoms with Crippen molar-refractivity contribution in [3.05, 3.63) is 65.8 Å². The number of carbonyl (C=O) groups is 2. The Morgan fingerprint density at radius 1 is 1.11 bits per heavy atom. The van der Waals surface area contributed by atoms with Gasteiger partial charge in [0.2, 0.25) is 5.91 Å². The lowest BCUT2D eigenvalue weighted by molar-refractivity contribution is -0.123. The fourth-order valence-electron chi connectivity index (χ4n) is 4.07. The minimum absolute atomic E-state index is 0.162. The molecule has 6 heteroatoms. The van der Waals surface area contributed by atoms with Gasteiger partial charge in [-0.1, -0.05) is 0 Å². The molecule has 1 radical (unpaired) electrons. The summed E-state index contributed by atoms with van der Waals surface area (Å²) in [7, 11) is 0. The van der Waals surface area contributed by atoms with E-state index < -0.39 is 11.3 Å². The van der Waals surface area contributed by atoms with Crippen molar-refractivity contribution in [2.24, 2.45) is 17.1 Å². The summed E-state index contributed by atoms with van der Waals surface area (Å²) in [5.41, 5.74) is 5.84. The Bertz CT molecular complexity index is 911. The highest BCUT2D eigenvalue weighted by Gasteiger charge is 2.52. The number of hydrogen-bond donors (Lipinski definition) is 1. The van der Waals surface area contributed by atoms with Crippen LogP contribution >= 0.6 is 0 Å². The van der Waals surface area contributed by atoms with Gasteiger partial charge >= 0.3 is 0 Å². The molecule has 28 heavy (non-hydrogen) atoms. The summed E-state index contributed by atoms with van der Waals surface area (Å²) in [6, 6.07) is 11.1. The second kappa shape index (κ2) is 7.26. The summed E-state index contributed by atoms with van der Waals surface area (Å²) in [5, 5.41) is 0. The van der Waals surface area contributed by atoms with Gasteiger partial charge in [0.1, 0.15) is 35.9 Å². The fourth-order valence-corrected chi connectivity index (χ4v) is 4.07. The van der Waals surface area contributed by atoms with E-state index in [1.165, 1.54) is 12.1 Å². The Hall–Kier alpha value is -2.89. The number of hydrogen-bond acceptors (Lipinski definition) is 4. The molecule has 2 aromatic rings. The third-order valence-corrected chi connectivity index (χ3v) is 5.51. The molecule has 2 bridgehead atoms. The monoisotopic (exact) mass is 382 g/mol. The van der Waals surface area contributed by atoms with Crippen LogP contribution in [0.15, 0.2) is 42.5 Å². The summed E-state index contributed by atoms with van der Waals surface area (Å²) in [5.74, 6) is 0.287. The Morgan fingerprint density at radius 2 is 1.79 bits per heavy atom. The van der Waals surface area contributed by atoms with Crippen molar-refractivity contribution in [1.82, 2.24) is 0 Å². The van der Waals surface area contributed by atoms with E-state index >= 15 is 0 Å². The molecule has 1 fully saturated rings. The zero-order valence-corrected chi connectivity index (χ0v) is 15.3. The molecule has 145 valence electrons. The summed E-state index contributed by atoms with van der Waals surface area (Å²) in [6.45, 7) is 0.619. The van der Waals surface area contributed by atoms with E-state index in [1.54, 1.807) is 24.3 Å². The van der Waals surface area contributed by atoms with E-state index in [1.807, 2.05) is 12.5 Å². The van der Waals surface area contributed by atoms with Gasteiger partial charge in [0, 0.05) is 5.56 Å². The number of carbonyl (C=O) groups excluding carboxylic acids is 2. The molecular weight excluding hydrogens is 361 g/mol. The molecule has 0 aromatic heterocycles. The van der Waals surface area contributed by atoms with Gasteiger partial charge in [-0.05, 0) is 79.6 Å². The third kappa shape index (κ3) is 3.35. The predicted molar refractivity (Wildman–Crippen MR) is 101 cm³/mol. The first-order valence-corrected chi connectivity index (χ1v) is 9.33. The summed E-state index contributed by atoms with van der Waals surface area (Å²) < 4.78 is 24.1. The number of nitrogens with two attached hydrogens (primary N) is 1. The van der Waals surface area contributed by atoms with Crippen molar-refractivity contribution < 1.29 is 23.5 Å². The van der Waals surface area contributed by atoms with Crippen molar-refractivity contribution in [1.29, 1.82) is 0 Å². The number of fused-ring (bicyclic) bond motifs is 3. The molecule has 5 nitrogen and oxygen atoms in total. The number of benzene rings is 2. The van der Waals surface area contributed by atoms with Crippen LogP contribution in [-0.4, -0.2) is 24.9 Å². The van der Waals surface area contributed by atoms with Crippen molar-refractivity contribution in [3.8, 4) is 11.5 Å². The number of rotatable bonds is 6. The molecule has 0 heterocycles. The Kier molecular flexibility index (Phi) is 4.79. The van der Waals surface area contributed by atoms with Crippen molar-refractivity contribution in [2.75, 3.05) is 13.2 Å². The second-order valence-electron chi connectivity index (χ2n) is 7.30. The Balaban J connectivity index is 1.42. The highest BCUT2D eigenvalue weighted by Crippen LogP contribution is 2.48. The smallest absolute Gasteiger partial charge is 0.231 e. The lowest BCUT2D eigenvalue weighted by Crippen LogP contribution is -2.42. The molecular formula is C22H21FNO4. The highest BCUT2D eigenvalue weighted by atomic mass is 19.1. The van der Waals surface area contributed by atoms with Gasteiger partial charge in [-0.3, -0.25) is 9.59 Å². The molecule has 2 atom stereocenters.